The van der Waals surface area contributed by atoms with Crippen molar-refractivity contribution >= 4 is 23.3 Å². The molecule has 3 aromatic rings. The van der Waals surface area contributed by atoms with Gasteiger partial charge in [0.25, 0.3) is 0 Å². The summed E-state index contributed by atoms with van der Waals surface area (Å²) in [4.78, 5) is 3.16. The summed E-state index contributed by atoms with van der Waals surface area (Å²) < 4.78 is 37.5. The van der Waals surface area contributed by atoms with Crippen molar-refractivity contribution in [2.24, 2.45) is 0 Å². The van der Waals surface area contributed by atoms with Crippen LogP contribution in [-0.4, -0.2) is 4.98 Å². The topological polar surface area (TPSA) is 15.8 Å². The Morgan fingerprint density at radius 2 is 1.57 bits per heavy atom. The van der Waals surface area contributed by atoms with Crippen molar-refractivity contribution in [3.63, 3.8) is 0 Å². The van der Waals surface area contributed by atoms with E-state index >= 15 is 0 Å². The number of fused-ring (bicyclic) bond motifs is 1. The van der Waals surface area contributed by atoms with Crippen molar-refractivity contribution in [3.05, 3.63) is 71.4 Å². The lowest BCUT2D eigenvalue weighted by atomic mass is 10.0. The van der Waals surface area contributed by atoms with Gasteiger partial charge in [0.15, 0.2) is 0 Å². The number of rotatable bonds is 2. The summed E-state index contributed by atoms with van der Waals surface area (Å²) in [6.45, 7) is 0. The smallest absolute Gasteiger partial charge is 0.361 e. The molecule has 110 valence electrons. The van der Waals surface area contributed by atoms with Gasteiger partial charge in [-0.25, -0.2) is 0 Å². The molecule has 2 aromatic carbocycles. The third-order valence-corrected chi connectivity index (χ3v) is 3.35. The van der Waals surface area contributed by atoms with Gasteiger partial charge in [0.05, 0.1) is 5.56 Å². The van der Waals surface area contributed by atoms with E-state index in [2.05, 4.69) is 4.98 Å². The minimum absolute atomic E-state index is 0. The van der Waals surface area contributed by atoms with Crippen molar-refractivity contribution in [3.8, 4) is 0 Å². The lowest BCUT2D eigenvalue weighted by Gasteiger charge is -2.07. The second-order valence-corrected chi connectivity index (χ2v) is 4.73. The van der Waals surface area contributed by atoms with Crippen LogP contribution in [0.1, 0.15) is 16.7 Å². The normalized spacial score (nSPS) is 11.4. The zero-order valence-electron chi connectivity index (χ0n) is 10.9. The molecule has 1 nitrogen and oxygen atoms in total. The van der Waals surface area contributed by atoms with Crippen molar-refractivity contribution in [2.45, 2.75) is 12.6 Å². The second-order valence-electron chi connectivity index (χ2n) is 4.73. The monoisotopic (exact) mass is 311 g/mol. The van der Waals surface area contributed by atoms with Gasteiger partial charge >= 0.3 is 6.18 Å². The zero-order valence-corrected chi connectivity index (χ0v) is 11.8. The molecule has 0 radical (unpaired) electrons. The number of H-pyrrole nitrogens is 1. The number of alkyl halides is 3. The largest absolute Gasteiger partial charge is 0.416 e. The van der Waals surface area contributed by atoms with Crippen LogP contribution in [0.25, 0.3) is 10.9 Å². The van der Waals surface area contributed by atoms with Crippen molar-refractivity contribution < 1.29 is 13.2 Å². The van der Waals surface area contributed by atoms with E-state index in [-0.39, 0.29) is 12.4 Å². The maximum atomic E-state index is 12.5. The van der Waals surface area contributed by atoms with Crippen LogP contribution in [0, 0.1) is 0 Å². The molecule has 0 aliphatic carbocycles. The second kappa shape index (κ2) is 5.82. The molecular weight excluding hydrogens is 299 g/mol. The van der Waals surface area contributed by atoms with E-state index in [1.165, 1.54) is 12.1 Å². The molecule has 0 saturated heterocycles. The van der Waals surface area contributed by atoms with Gasteiger partial charge in [-0.1, -0.05) is 30.3 Å². The number of benzene rings is 2. The van der Waals surface area contributed by atoms with Gasteiger partial charge in [0, 0.05) is 17.1 Å². The summed E-state index contributed by atoms with van der Waals surface area (Å²) in [6.07, 6.45) is -1.76. The standard InChI is InChI=1S/C16H12F3N.ClH/c17-16(18,19)13-7-5-11(6-8-13)9-12-10-20-15-4-2-1-3-14(12)15;/h1-8,10,20H,9H2;1H. The summed E-state index contributed by atoms with van der Waals surface area (Å²) in [5, 5.41) is 1.10. The van der Waals surface area contributed by atoms with E-state index in [0.29, 0.717) is 6.42 Å². The van der Waals surface area contributed by atoms with E-state index in [4.69, 9.17) is 0 Å². The molecular formula is C16H13ClF3N. The summed E-state index contributed by atoms with van der Waals surface area (Å²) in [5.74, 6) is 0. The number of hydrogen-bond acceptors (Lipinski definition) is 0. The van der Waals surface area contributed by atoms with Crippen LogP contribution in [0.3, 0.4) is 0 Å². The number of para-hydroxylation sites is 1. The highest BCUT2D eigenvalue weighted by atomic mass is 35.5. The van der Waals surface area contributed by atoms with E-state index < -0.39 is 11.7 Å². The highest BCUT2D eigenvalue weighted by Gasteiger charge is 2.29. The molecule has 0 aliphatic heterocycles. The van der Waals surface area contributed by atoms with Crippen molar-refractivity contribution in [2.75, 3.05) is 0 Å². The highest BCUT2D eigenvalue weighted by Crippen LogP contribution is 2.29. The predicted octanol–water partition coefficient (Wildman–Crippen LogP) is 5.20. The van der Waals surface area contributed by atoms with Crippen LogP contribution in [0.15, 0.2) is 54.7 Å². The molecule has 0 saturated carbocycles. The quantitative estimate of drug-likeness (QED) is 0.669. The Labute approximate surface area is 126 Å². The Morgan fingerprint density at radius 3 is 2.24 bits per heavy atom. The molecule has 0 aliphatic rings. The molecule has 0 spiro atoms. The van der Waals surface area contributed by atoms with Gasteiger partial charge in [-0.2, -0.15) is 13.2 Å². The number of aromatic nitrogens is 1. The Hall–Kier alpha value is -1.94. The maximum absolute atomic E-state index is 12.5. The van der Waals surface area contributed by atoms with Crippen LogP contribution >= 0.6 is 12.4 Å². The molecule has 0 amide bonds. The van der Waals surface area contributed by atoms with Crippen molar-refractivity contribution in [1.29, 1.82) is 0 Å². The molecule has 0 fully saturated rings. The van der Waals surface area contributed by atoms with Crippen LogP contribution in [0.5, 0.6) is 0 Å². The SMILES string of the molecule is Cl.FC(F)(F)c1ccc(Cc2c[nH]c3ccccc23)cc1. The molecule has 5 heteroatoms. The molecule has 1 aromatic heterocycles. The minimum Gasteiger partial charge on any atom is -0.361 e. The number of nitrogens with one attached hydrogen (secondary N) is 1. The molecule has 21 heavy (non-hydrogen) atoms. The first-order valence-electron chi connectivity index (χ1n) is 6.25. The number of halogens is 4. The highest BCUT2D eigenvalue weighted by molar-refractivity contribution is 5.85. The van der Waals surface area contributed by atoms with E-state index in [9.17, 15) is 13.2 Å². The summed E-state index contributed by atoms with van der Waals surface area (Å²) in [6, 6.07) is 13.2. The average Bonchev–Trinajstić information content (AvgIpc) is 2.82. The third kappa shape index (κ3) is 3.22. The minimum atomic E-state index is -4.28. The fraction of sp³-hybridized carbons (Fsp3) is 0.125. The van der Waals surface area contributed by atoms with Gasteiger partial charge in [-0.3, -0.25) is 0 Å². The molecule has 0 atom stereocenters. The fourth-order valence-electron chi connectivity index (χ4n) is 2.31. The number of aromatic amines is 1. The summed E-state index contributed by atoms with van der Waals surface area (Å²) >= 11 is 0. The predicted molar refractivity (Wildman–Crippen MR) is 79.8 cm³/mol. The van der Waals surface area contributed by atoms with Gasteiger partial charge in [-0.15, -0.1) is 12.4 Å². The van der Waals surface area contributed by atoms with Gasteiger partial charge in [0.2, 0.25) is 0 Å². The van der Waals surface area contributed by atoms with E-state index in [1.54, 1.807) is 0 Å². The summed E-state index contributed by atoms with van der Waals surface area (Å²) in [5.41, 5.74) is 2.37. The molecule has 0 unspecified atom stereocenters. The fourth-order valence-corrected chi connectivity index (χ4v) is 2.31. The first-order chi connectivity index (χ1) is 9.54. The Bertz CT molecular complexity index is 729. The van der Waals surface area contributed by atoms with E-state index in [0.717, 1.165) is 34.2 Å². The number of hydrogen-bond donors (Lipinski definition) is 1. The van der Waals surface area contributed by atoms with Crippen LogP contribution in [0.2, 0.25) is 0 Å². The van der Waals surface area contributed by atoms with E-state index in [1.807, 2.05) is 30.5 Å². The Balaban J connectivity index is 0.00000161. The average molecular weight is 312 g/mol. The first kappa shape index (κ1) is 15.4. The van der Waals surface area contributed by atoms with Gasteiger partial charge < -0.3 is 4.98 Å². The third-order valence-electron chi connectivity index (χ3n) is 3.35. The Morgan fingerprint density at radius 1 is 0.905 bits per heavy atom. The van der Waals surface area contributed by atoms with Gasteiger partial charge in [0.1, 0.15) is 0 Å². The van der Waals surface area contributed by atoms with Crippen LogP contribution in [0.4, 0.5) is 13.2 Å². The maximum Gasteiger partial charge on any atom is 0.416 e. The molecule has 3 rings (SSSR count). The molecule has 0 bridgehead atoms. The Kier molecular flexibility index (Phi) is 4.28. The van der Waals surface area contributed by atoms with Crippen molar-refractivity contribution in [1.82, 2.24) is 4.98 Å². The lowest BCUT2D eigenvalue weighted by molar-refractivity contribution is -0.137. The first-order valence-corrected chi connectivity index (χ1v) is 6.25. The van der Waals surface area contributed by atoms with Crippen LogP contribution < -0.4 is 0 Å². The van der Waals surface area contributed by atoms with Crippen LogP contribution in [-0.2, 0) is 12.6 Å². The van der Waals surface area contributed by atoms with Gasteiger partial charge in [-0.05, 0) is 35.7 Å². The summed E-state index contributed by atoms with van der Waals surface area (Å²) in [7, 11) is 0. The molecule has 1 heterocycles. The lowest BCUT2D eigenvalue weighted by Crippen LogP contribution is -2.04. The zero-order chi connectivity index (χ0) is 14.2. The molecule has 1 N–H and O–H groups in total.